The van der Waals surface area contributed by atoms with E-state index >= 15 is 0 Å². The lowest BCUT2D eigenvalue weighted by atomic mass is 9.76. The molecule has 2 aromatic carbocycles. The first-order chi connectivity index (χ1) is 12.1. The Morgan fingerprint density at radius 2 is 1.84 bits per heavy atom. The van der Waals surface area contributed by atoms with E-state index in [9.17, 15) is 0 Å². The molecule has 25 heavy (non-hydrogen) atoms. The molecule has 1 aliphatic rings. The van der Waals surface area contributed by atoms with Gasteiger partial charge in [0.15, 0.2) is 0 Å². The Morgan fingerprint density at radius 3 is 2.56 bits per heavy atom. The maximum atomic E-state index is 3.42. The number of nitrogens with zero attached hydrogens (tertiary/aromatic N) is 1. The normalized spacial score (nSPS) is 21.0. The van der Waals surface area contributed by atoms with Gasteiger partial charge in [0.1, 0.15) is 0 Å². The molecular formula is C23H28N2. The Balaban J connectivity index is 1.68. The summed E-state index contributed by atoms with van der Waals surface area (Å²) in [6, 6.07) is 16.1. The Hall–Kier alpha value is -2.06. The van der Waals surface area contributed by atoms with Gasteiger partial charge < -0.3 is 4.98 Å². The van der Waals surface area contributed by atoms with Gasteiger partial charge in [-0.3, -0.25) is 4.90 Å². The molecule has 1 saturated heterocycles. The molecule has 0 saturated carbocycles. The quantitative estimate of drug-likeness (QED) is 0.657. The molecule has 2 atom stereocenters. The summed E-state index contributed by atoms with van der Waals surface area (Å²) < 4.78 is 0. The highest BCUT2D eigenvalue weighted by Crippen LogP contribution is 2.44. The van der Waals surface area contributed by atoms with Crippen LogP contribution in [0.1, 0.15) is 42.1 Å². The number of fused-ring (bicyclic) bond motifs is 1. The Morgan fingerprint density at radius 1 is 1.08 bits per heavy atom. The summed E-state index contributed by atoms with van der Waals surface area (Å²) in [5, 5.41) is 1.39. The number of benzene rings is 2. The van der Waals surface area contributed by atoms with Crippen LogP contribution >= 0.6 is 0 Å². The maximum absolute atomic E-state index is 3.42. The summed E-state index contributed by atoms with van der Waals surface area (Å²) in [6.07, 6.45) is 2.07. The number of aryl methyl sites for hydroxylation is 2. The lowest BCUT2D eigenvalue weighted by molar-refractivity contribution is -0.0201. The third-order valence-electron chi connectivity index (χ3n) is 5.98. The molecule has 3 aromatic rings. The predicted octanol–water partition coefficient (Wildman–Crippen LogP) is 5.61. The molecule has 2 nitrogen and oxygen atoms in total. The van der Waals surface area contributed by atoms with Crippen molar-refractivity contribution in [2.75, 3.05) is 6.54 Å². The van der Waals surface area contributed by atoms with E-state index in [2.05, 4.69) is 86.2 Å². The topological polar surface area (TPSA) is 19.0 Å². The molecule has 0 bridgehead atoms. The van der Waals surface area contributed by atoms with Crippen LogP contribution in [0.3, 0.4) is 0 Å². The lowest BCUT2D eigenvalue weighted by Crippen LogP contribution is -2.51. The monoisotopic (exact) mass is 332 g/mol. The third-order valence-corrected chi connectivity index (χ3v) is 5.98. The molecule has 2 unspecified atom stereocenters. The zero-order chi connectivity index (χ0) is 17.6. The van der Waals surface area contributed by atoms with E-state index in [1.54, 1.807) is 0 Å². The summed E-state index contributed by atoms with van der Waals surface area (Å²) in [6.45, 7) is 11.4. The number of H-pyrrole nitrogens is 1. The fourth-order valence-electron chi connectivity index (χ4n) is 4.52. The van der Waals surface area contributed by atoms with Crippen molar-refractivity contribution in [2.45, 2.75) is 40.3 Å². The van der Waals surface area contributed by atoms with Crippen molar-refractivity contribution < 1.29 is 0 Å². The molecule has 0 amide bonds. The van der Waals surface area contributed by atoms with Crippen molar-refractivity contribution in [3.63, 3.8) is 0 Å². The van der Waals surface area contributed by atoms with Crippen LogP contribution in [0, 0.1) is 25.7 Å². The highest BCUT2D eigenvalue weighted by molar-refractivity contribution is 5.87. The van der Waals surface area contributed by atoms with Gasteiger partial charge in [-0.05, 0) is 54.0 Å². The molecule has 0 spiro atoms. The smallest absolute Gasteiger partial charge is 0.0487 e. The maximum Gasteiger partial charge on any atom is 0.0487 e. The number of hydrogen-bond acceptors (Lipinski definition) is 1. The number of hydrogen-bond donors (Lipinski definition) is 1. The van der Waals surface area contributed by atoms with Crippen LogP contribution in [0.5, 0.6) is 0 Å². The molecule has 0 aliphatic carbocycles. The molecule has 130 valence electrons. The fourth-order valence-corrected chi connectivity index (χ4v) is 4.52. The summed E-state index contributed by atoms with van der Waals surface area (Å²) in [7, 11) is 0. The van der Waals surface area contributed by atoms with Crippen LogP contribution in [-0.2, 0) is 6.54 Å². The molecule has 1 aromatic heterocycles. The predicted molar refractivity (Wildman–Crippen MR) is 106 cm³/mol. The second kappa shape index (κ2) is 6.34. The first-order valence-electron chi connectivity index (χ1n) is 9.41. The van der Waals surface area contributed by atoms with E-state index in [4.69, 9.17) is 0 Å². The van der Waals surface area contributed by atoms with Gasteiger partial charge in [0, 0.05) is 36.2 Å². The van der Waals surface area contributed by atoms with Crippen molar-refractivity contribution in [1.82, 2.24) is 9.88 Å². The van der Waals surface area contributed by atoms with E-state index in [0.717, 1.165) is 12.5 Å². The van der Waals surface area contributed by atoms with Crippen LogP contribution < -0.4 is 0 Å². The molecular weight excluding hydrogens is 304 g/mol. The van der Waals surface area contributed by atoms with Gasteiger partial charge >= 0.3 is 0 Å². The molecule has 0 radical (unpaired) electrons. The van der Waals surface area contributed by atoms with Gasteiger partial charge in [0.05, 0.1) is 0 Å². The Kier molecular flexibility index (Phi) is 4.16. The number of nitrogens with one attached hydrogen (secondary N) is 1. The SMILES string of the molecule is Cc1cc(C)c2[nH]ccc2c1CN1CC(C(C)C)C1c1ccccc1. The molecule has 1 N–H and O–H groups in total. The van der Waals surface area contributed by atoms with Crippen LogP contribution in [0.4, 0.5) is 0 Å². The number of likely N-dealkylation sites (tertiary alicyclic amines) is 1. The summed E-state index contributed by atoms with van der Waals surface area (Å²) >= 11 is 0. The average Bonchev–Trinajstić information content (AvgIpc) is 3.04. The summed E-state index contributed by atoms with van der Waals surface area (Å²) in [5.74, 6) is 1.46. The zero-order valence-corrected chi connectivity index (χ0v) is 15.7. The van der Waals surface area contributed by atoms with Gasteiger partial charge in [-0.1, -0.05) is 50.2 Å². The minimum absolute atomic E-state index is 0.538. The molecule has 4 rings (SSSR count). The number of aromatic amines is 1. The molecule has 1 fully saturated rings. The lowest BCUT2D eigenvalue weighted by Gasteiger charge is -2.51. The van der Waals surface area contributed by atoms with Crippen LogP contribution in [-0.4, -0.2) is 16.4 Å². The standard InChI is InChI=1S/C23H28N2/c1-15(2)20-13-25(23(20)18-8-6-5-7-9-18)14-21-16(3)12-17(4)22-19(21)10-11-24-22/h5-12,15,20,23-24H,13-14H2,1-4H3. The highest BCUT2D eigenvalue weighted by atomic mass is 15.2. The van der Waals surface area contributed by atoms with Crippen molar-refractivity contribution in [1.29, 1.82) is 0 Å². The Bertz CT molecular complexity index is 876. The highest BCUT2D eigenvalue weighted by Gasteiger charge is 2.41. The van der Waals surface area contributed by atoms with E-state index in [-0.39, 0.29) is 0 Å². The van der Waals surface area contributed by atoms with Crippen molar-refractivity contribution in [3.8, 4) is 0 Å². The largest absolute Gasteiger partial charge is 0.361 e. The number of aromatic nitrogens is 1. The van der Waals surface area contributed by atoms with E-state index in [1.807, 2.05) is 0 Å². The average molecular weight is 332 g/mol. The minimum atomic E-state index is 0.538. The Labute approximate surface area is 150 Å². The van der Waals surface area contributed by atoms with Gasteiger partial charge in [-0.15, -0.1) is 0 Å². The van der Waals surface area contributed by atoms with Gasteiger partial charge in [-0.2, -0.15) is 0 Å². The zero-order valence-electron chi connectivity index (χ0n) is 15.7. The first-order valence-corrected chi connectivity index (χ1v) is 9.41. The number of rotatable bonds is 4. The van der Waals surface area contributed by atoms with Gasteiger partial charge in [0.2, 0.25) is 0 Å². The van der Waals surface area contributed by atoms with Crippen LogP contribution in [0.25, 0.3) is 10.9 Å². The third kappa shape index (κ3) is 2.79. The summed E-state index contributed by atoms with van der Waals surface area (Å²) in [4.78, 5) is 6.07. The van der Waals surface area contributed by atoms with Crippen molar-refractivity contribution >= 4 is 10.9 Å². The van der Waals surface area contributed by atoms with Gasteiger partial charge in [-0.25, -0.2) is 0 Å². The minimum Gasteiger partial charge on any atom is -0.361 e. The molecule has 1 aliphatic heterocycles. The van der Waals surface area contributed by atoms with E-state index in [0.29, 0.717) is 12.0 Å². The second-order valence-electron chi connectivity index (χ2n) is 7.95. The fraction of sp³-hybridized carbons (Fsp3) is 0.391. The van der Waals surface area contributed by atoms with E-state index < -0.39 is 0 Å². The summed E-state index contributed by atoms with van der Waals surface area (Å²) in [5.41, 5.74) is 6.97. The second-order valence-corrected chi connectivity index (χ2v) is 7.95. The van der Waals surface area contributed by atoms with Gasteiger partial charge in [0.25, 0.3) is 0 Å². The van der Waals surface area contributed by atoms with Crippen LogP contribution in [0.2, 0.25) is 0 Å². The molecule has 2 heterocycles. The first kappa shape index (κ1) is 16.4. The van der Waals surface area contributed by atoms with Crippen molar-refractivity contribution in [2.24, 2.45) is 11.8 Å². The van der Waals surface area contributed by atoms with Crippen LogP contribution in [0.15, 0.2) is 48.7 Å². The van der Waals surface area contributed by atoms with Crippen molar-refractivity contribution in [3.05, 3.63) is 70.9 Å². The molecule has 2 heteroatoms. The van der Waals surface area contributed by atoms with E-state index in [1.165, 1.54) is 39.7 Å².